The molecule has 0 spiro atoms. The highest BCUT2D eigenvalue weighted by Gasteiger charge is 2.47. The van der Waals surface area contributed by atoms with Gasteiger partial charge in [0.05, 0.1) is 30.8 Å². The molecule has 0 aromatic carbocycles. The summed E-state index contributed by atoms with van der Waals surface area (Å²) in [5, 5.41) is 0. The Balaban J connectivity index is 2.09. The number of morpholine rings is 1. The van der Waals surface area contributed by atoms with Crippen molar-refractivity contribution < 1.29 is 14.3 Å². The van der Waals surface area contributed by atoms with Crippen molar-refractivity contribution in [3.05, 3.63) is 0 Å². The lowest BCUT2D eigenvalue weighted by Gasteiger charge is -2.40. The van der Waals surface area contributed by atoms with Crippen LogP contribution in [0.4, 0.5) is 0 Å². The summed E-state index contributed by atoms with van der Waals surface area (Å²) in [6.07, 6.45) is 0.176. The summed E-state index contributed by atoms with van der Waals surface area (Å²) in [5.74, 6) is 0.101. The average molecular weight is 242 g/mol. The fraction of sp³-hybridized carbons (Fsp3) is 0.917. The summed E-state index contributed by atoms with van der Waals surface area (Å²) in [6, 6.07) is -0.205. The Morgan fingerprint density at radius 1 is 1.35 bits per heavy atom. The molecule has 2 heterocycles. The van der Waals surface area contributed by atoms with Gasteiger partial charge in [-0.2, -0.15) is 0 Å². The third kappa shape index (κ3) is 2.32. The second-order valence-electron chi connectivity index (χ2n) is 5.51. The summed E-state index contributed by atoms with van der Waals surface area (Å²) in [6.45, 7) is 8.06. The number of rotatable bonds is 1. The molecule has 2 rings (SSSR count). The molecule has 0 saturated carbocycles. The van der Waals surface area contributed by atoms with Crippen LogP contribution in [0.15, 0.2) is 0 Å². The van der Waals surface area contributed by atoms with E-state index in [2.05, 4.69) is 0 Å². The number of carbonyl (C=O) groups is 1. The maximum Gasteiger partial charge on any atom is 0.232 e. The zero-order valence-corrected chi connectivity index (χ0v) is 10.8. The monoisotopic (exact) mass is 242 g/mol. The van der Waals surface area contributed by atoms with E-state index in [0.717, 1.165) is 0 Å². The third-order valence-electron chi connectivity index (χ3n) is 3.71. The molecule has 4 atom stereocenters. The van der Waals surface area contributed by atoms with Crippen molar-refractivity contribution in [1.29, 1.82) is 0 Å². The van der Waals surface area contributed by atoms with Crippen molar-refractivity contribution in [2.45, 2.75) is 39.0 Å². The highest BCUT2D eigenvalue weighted by molar-refractivity contribution is 5.84. The average Bonchev–Trinajstić information content (AvgIpc) is 2.58. The Hall–Kier alpha value is -0.650. The van der Waals surface area contributed by atoms with Gasteiger partial charge in [0.1, 0.15) is 0 Å². The number of ether oxygens (including phenoxy) is 2. The molecule has 2 aliphatic rings. The first-order valence-corrected chi connectivity index (χ1v) is 6.21. The first-order valence-electron chi connectivity index (χ1n) is 6.21. The first-order chi connectivity index (χ1) is 7.93. The van der Waals surface area contributed by atoms with E-state index in [-0.39, 0.29) is 24.2 Å². The van der Waals surface area contributed by atoms with Crippen molar-refractivity contribution in [2.75, 3.05) is 26.3 Å². The molecular formula is C12H22N2O3. The third-order valence-corrected chi connectivity index (χ3v) is 3.71. The summed E-state index contributed by atoms with van der Waals surface area (Å²) in [4.78, 5) is 14.4. The van der Waals surface area contributed by atoms with Crippen LogP contribution in [0.2, 0.25) is 0 Å². The van der Waals surface area contributed by atoms with Gasteiger partial charge in [0, 0.05) is 19.1 Å². The van der Waals surface area contributed by atoms with Crippen LogP contribution < -0.4 is 5.73 Å². The van der Waals surface area contributed by atoms with Crippen molar-refractivity contribution in [3.63, 3.8) is 0 Å². The van der Waals surface area contributed by atoms with E-state index < -0.39 is 5.41 Å². The smallest absolute Gasteiger partial charge is 0.232 e. The number of nitrogens with zero attached hydrogens (tertiary/aromatic N) is 1. The van der Waals surface area contributed by atoms with Crippen LogP contribution in [0.5, 0.6) is 0 Å². The van der Waals surface area contributed by atoms with Gasteiger partial charge in [-0.1, -0.05) is 0 Å². The highest BCUT2D eigenvalue weighted by Crippen LogP contribution is 2.30. The molecular weight excluding hydrogens is 220 g/mol. The maximum absolute atomic E-state index is 12.5. The number of hydrogen-bond donors (Lipinski definition) is 1. The Bertz CT molecular complexity index is 300. The Labute approximate surface area is 102 Å². The molecule has 2 saturated heterocycles. The minimum absolute atomic E-state index is 0.0878. The lowest BCUT2D eigenvalue weighted by Crippen LogP contribution is -2.56. The van der Waals surface area contributed by atoms with E-state index in [1.807, 2.05) is 25.7 Å². The van der Waals surface area contributed by atoms with Gasteiger partial charge in [-0.15, -0.1) is 0 Å². The van der Waals surface area contributed by atoms with E-state index in [0.29, 0.717) is 26.3 Å². The number of amides is 1. The van der Waals surface area contributed by atoms with Crippen molar-refractivity contribution in [3.8, 4) is 0 Å². The summed E-state index contributed by atoms with van der Waals surface area (Å²) >= 11 is 0. The van der Waals surface area contributed by atoms with E-state index in [1.165, 1.54) is 0 Å². The molecule has 2 fully saturated rings. The standard InChI is InChI=1S/C12H22N2O3/c1-8-4-14(5-9(2)17-8)11(15)12(3)7-16-6-10(12)13/h8-10H,4-7,13H2,1-3H3. The van der Waals surface area contributed by atoms with Crippen molar-refractivity contribution >= 4 is 5.91 Å². The minimum Gasteiger partial charge on any atom is -0.379 e. The maximum atomic E-state index is 12.5. The predicted molar refractivity (Wildman–Crippen MR) is 63.5 cm³/mol. The van der Waals surface area contributed by atoms with Gasteiger partial charge in [-0.05, 0) is 20.8 Å². The Kier molecular flexibility index (Phi) is 3.43. The van der Waals surface area contributed by atoms with Crippen LogP contribution in [-0.2, 0) is 14.3 Å². The van der Waals surface area contributed by atoms with Crippen LogP contribution in [0.1, 0.15) is 20.8 Å². The molecule has 1 amide bonds. The molecule has 0 aliphatic carbocycles. The Morgan fingerprint density at radius 2 is 1.94 bits per heavy atom. The molecule has 2 N–H and O–H groups in total. The number of carbonyl (C=O) groups excluding carboxylic acids is 1. The van der Waals surface area contributed by atoms with Gasteiger partial charge >= 0.3 is 0 Å². The summed E-state index contributed by atoms with van der Waals surface area (Å²) in [7, 11) is 0. The second-order valence-corrected chi connectivity index (χ2v) is 5.51. The molecule has 5 nitrogen and oxygen atoms in total. The van der Waals surface area contributed by atoms with Crippen molar-refractivity contribution in [1.82, 2.24) is 4.90 Å². The van der Waals surface area contributed by atoms with Crippen molar-refractivity contribution in [2.24, 2.45) is 11.1 Å². The zero-order chi connectivity index (χ0) is 12.6. The first kappa shape index (κ1) is 12.8. The van der Waals surface area contributed by atoms with E-state index in [4.69, 9.17) is 15.2 Å². The van der Waals surface area contributed by atoms with E-state index in [9.17, 15) is 4.79 Å². The van der Waals surface area contributed by atoms with Gasteiger partial charge in [0.2, 0.25) is 5.91 Å². The zero-order valence-electron chi connectivity index (χ0n) is 10.8. The van der Waals surface area contributed by atoms with Crippen LogP contribution in [0.25, 0.3) is 0 Å². The molecule has 4 unspecified atom stereocenters. The normalized spacial score (nSPS) is 42.8. The fourth-order valence-corrected chi connectivity index (χ4v) is 2.61. The molecule has 0 aromatic heterocycles. The number of hydrogen-bond acceptors (Lipinski definition) is 4. The quantitative estimate of drug-likeness (QED) is 0.702. The molecule has 17 heavy (non-hydrogen) atoms. The van der Waals surface area contributed by atoms with Crippen LogP contribution in [-0.4, -0.2) is 55.4 Å². The lowest BCUT2D eigenvalue weighted by atomic mass is 9.84. The van der Waals surface area contributed by atoms with E-state index >= 15 is 0 Å². The Morgan fingerprint density at radius 3 is 2.41 bits per heavy atom. The SMILES string of the molecule is CC1CN(C(=O)C2(C)COCC2N)CC(C)O1. The summed E-state index contributed by atoms with van der Waals surface area (Å²) in [5.41, 5.74) is 5.41. The predicted octanol–water partition coefficient (Wildman–Crippen LogP) is -0.0140. The molecule has 0 bridgehead atoms. The van der Waals surface area contributed by atoms with Crippen LogP contribution >= 0.6 is 0 Å². The van der Waals surface area contributed by atoms with Gasteiger partial charge in [-0.3, -0.25) is 4.79 Å². The minimum atomic E-state index is -0.573. The van der Waals surface area contributed by atoms with Gasteiger partial charge in [0.25, 0.3) is 0 Å². The molecule has 5 heteroatoms. The van der Waals surface area contributed by atoms with Crippen LogP contribution in [0, 0.1) is 5.41 Å². The fourth-order valence-electron chi connectivity index (χ4n) is 2.61. The molecule has 0 radical (unpaired) electrons. The van der Waals surface area contributed by atoms with Crippen LogP contribution in [0.3, 0.4) is 0 Å². The highest BCUT2D eigenvalue weighted by atomic mass is 16.5. The van der Waals surface area contributed by atoms with Gasteiger partial charge in [0.15, 0.2) is 0 Å². The second kappa shape index (κ2) is 4.55. The van der Waals surface area contributed by atoms with E-state index in [1.54, 1.807) is 0 Å². The summed E-state index contributed by atoms with van der Waals surface area (Å²) < 4.78 is 11.0. The molecule has 2 aliphatic heterocycles. The van der Waals surface area contributed by atoms with Gasteiger partial charge < -0.3 is 20.1 Å². The molecule has 98 valence electrons. The largest absolute Gasteiger partial charge is 0.379 e. The number of nitrogens with two attached hydrogens (primary N) is 1. The topological polar surface area (TPSA) is 64.8 Å². The van der Waals surface area contributed by atoms with Gasteiger partial charge in [-0.25, -0.2) is 0 Å². The lowest BCUT2D eigenvalue weighted by molar-refractivity contribution is -0.153. The molecule has 0 aromatic rings.